The predicted octanol–water partition coefficient (Wildman–Crippen LogP) is 5.34. The number of nitrogens with zero attached hydrogens (tertiary/aromatic N) is 1. The Labute approximate surface area is 243 Å². The summed E-state index contributed by atoms with van der Waals surface area (Å²) >= 11 is 0. The fourth-order valence-electron chi connectivity index (χ4n) is 4.57. The number of allylic oxidation sites excluding steroid dienone is 3. The summed E-state index contributed by atoms with van der Waals surface area (Å²) in [4.78, 5) is 15.0. The van der Waals surface area contributed by atoms with E-state index in [4.69, 9.17) is 4.74 Å². The number of benzene rings is 2. The Morgan fingerprint density at radius 2 is 1.78 bits per heavy atom. The SMILES string of the molecule is CS(=O)(=O)Nc1cc(NC(=O)C2(F)C=CC(c3ccccc3)=C(OCCCN3CCC(F)(F)CC3)C2)ccc1O.Cl. The highest BCUT2D eigenvalue weighted by molar-refractivity contribution is 7.92. The van der Waals surface area contributed by atoms with Gasteiger partial charge in [-0.15, -0.1) is 12.4 Å². The number of hydrogen-bond donors (Lipinski definition) is 3. The molecule has 1 unspecified atom stereocenters. The molecule has 0 spiro atoms. The summed E-state index contributed by atoms with van der Waals surface area (Å²) in [5, 5.41) is 12.4. The van der Waals surface area contributed by atoms with Crippen molar-refractivity contribution in [1.29, 1.82) is 0 Å². The second-order valence-corrected chi connectivity index (χ2v) is 11.8. The van der Waals surface area contributed by atoms with Gasteiger partial charge in [-0.2, -0.15) is 0 Å². The van der Waals surface area contributed by atoms with Gasteiger partial charge in [0.05, 0.1) is 25.0 Å². The number of anilines is 2. The second-order valence-electron chi connectivity index (χ2n) is 10.0. The smallest absolute Gasteiger partial charge is 0.266 e. The molecule has 1 aliphatic carbocycles. The monoisotopic (exact) mass is 615 g/mol. The van der Waals surface area contributed by atoms with Gasteiger partial charge in [0.15, 0.2) is 0 Å². The van der Waals surface area contributed by atoms with Gasteiger partial charge in [-0.25, -0.2) is 21.6 Å². The number of amides is 1. The minimum atomic E-state index is -3.71. The van der Waals surface area contributed by atoms with E-state index in [1.165, 1.54) is 24.3 Å². The van der Waals surface area contributed by atoms with Crippen LogP contribution >= 0.6 is 12.4 Å². The van der Waals surface area contributed by atoms with E-state index in [0.717, 1.165) is 17.9 Å². The van der Waals surface area contributed by atoms with Crippen LogP contribution in [0.5, 0.6) is 5.75 Å². The number of piperidine rings is 1. The molecule has 3 N–H and O–H groups in total. The molecule has 0 bridgehead atoms. The molecule has 0 saturated carbocycles. The summed E-state index contributed by atoms with van der Waals surface area (Å²) in [6.45, 7) is 1.38. The van der Waals surface area contributed by atoms with Crippen molar-refractivity contribution in [2.24, 2.45) is 0 Å². The van der Waals surface area contributed by atoms with E-state index in [1.807, 2.05) is 35.2 Å². The van der Waals surface area contributed by atoms with E-state index >= 15 is 4.39 Å². The summed E-state index contributed by atoms with van der Waals surface area (Å²) in [7, 11) is -3.71. The van der Waals surface area contributed by atoms with Gasteiger partial charge in [-0.3, -0.25) is 9.52 Å². The van der Waals surface area contributed by atoms with Crippen molar-refractivity contribution in [2.75, 3.05) is 42.5 Å². The number of phenolic OH excluding ortho intramolecular Hbond substituents is 1. The number of nitrogens with one attached hydrogen (secondary N) is 2. The van der Waals surface area contributed by atoms with Crippen molar-refractivity contribution in [1.82, 2.24) is 4.90 Å². The number of carbonyl (C=O) groups is 1. The van der Waals surface area contributed by atoms with Crippen molar-refractivity contribution in [3.8, 4) is 5.75 Å². The molecular weight excluding hydrogens is 583 g/mol. The Hall–Kier alpha value is -3.22. The number of halogens is 4. The second kappa shape index (κ2) is 13.2. The van der Waals surface area contributed by atoms with Crippen LogP contribution in [0, 0.1) is 0 Å². The zero-order valence-electron chi connectivity index (χ0n) is 22.4. The van der Waals surface area contributed by atoms with Crippen molar-refractivity contribution in [3.63, 3.8) is 0 Å². The molecule has 8 nitrogen and oxygen atoms in total. The third kappa shape index (κ3) is 8.88. The Bertz CT molecular complexity index is 1400. The minimum absolute atomic E-state index is 0. The largest absolute Gasteiger partial charge is 0.506 e. The van der Waals surface area contributed by atoms with Crippen molar-refractivity contribution >= 4 is 45.3 Å². The Balaban J connectivity index is 0.00000462. The maximum Gasteiger partial charge on any atom is 0.266 e. The van der Waals surface area contributed by atoms with Gasteiger partial charge >= 0.3 is 0 Å². The molecule has 1 amide bonds. The zero-order chi connectivity index (χ0) is 29.0. The lowest BCUT2D eigenvalue weighted by molar-refractivity contribution is -0.125. The van der Waals surface area contributed by atoms with Gasteiger partial charge in [0.2, 0.25) is 15.7 Å². The van der Waals surface area contributed by atoms with Crippen LogP contribution < -0.4 is 10.0 Å². The zero-order valence-corrected chi connectivity index (χ0v) is 24.0. The minimum Gasteiger partial charge on any atom is -0.506 e. The van der Waals surface area contributed by atoms with E-state index < -0.39 is 27.5 Å². The molecule has 1 fully saturated rings. The van der Waals surface area contributed by atoms with Gasteiger partial charge in [0.25, 0.3) is 11.8 Å². The number of aromatic hydroxyl groups is 1. The van der Waals surface area contributed by atoms with Crippen molar-refractivity contribution in [2.45, 2.75) is 37.3 Å². The molecule has 1 atom stereocenters. The average molecular weight is 616 g/mol. The van der Waals surface area contributed by atoms with Gasteiger partial charge in [-0.1, -0.05) is 36.4 Å². The first-order valence-corrected chi connectivity index (χ1v) is 14.7. The maximum absolute atomic E-state index is 16.1. The van der Waals surface area contributed by atoms with E-state index in [2.05, 4.69) is 10.0 Å². The Kier molecular flexibility index (Phi) is 10.4. The summed E-state index contributed by atoms with van der Waals surface area (Å²) < 4.78 is 74.2. The fraction of sp³-hybridized carbons (Fsp3) is 0.393. The van der Waals surface area contributed by atoms with Crippen molar-refractivity contribution in [3.05, 3.63) is 72.0 Å². The lowest BCUT2D eigenvalue weighted by Gasteiger charge is -2.32. The molecule has 1 heterocycles. The van der Waals surface area contributed by atoms with Crippen LogP contribution in [0.2, 0.25) is 0 Å². The number of likely N-dealkylation sites (tertiary alicyclic amines) is 1. The van der Waals surface area contributed by atoms with E-state index in [-0.39, 0.29) is 61.2 Å². The third-order valence-corrected chi connectivity index (χ3v) is 7.32. The summed E-state index contributed by atoms with van der Waals surface area (Å²) in [6, 6.07) is 12.9. The molecule has 4 rings (SSSR count). The fourth-order valence-corrected chi connectivity index (χ4v) is 5.14. The number of ether oxygens (including phenoxy) is 1. The van der Waals surface area contributed by atoms with Crippen LogP contribution in [0.25, 0.3) is 5.57 Å². The number of sulfonamides is 1. The molecular formula is C28H33ClF3N3O5S. The van der Waals surface area contributed by atoms with Crippen LogP contribution in [-0.2, 0) is 19.6 Å². The van der Waals surface area contributed by atoms with Crippen LogP contribution in [-0.4, -0.2) is 68.4 Å². The van der Waals surface area contributed by atoms with Crippen LogP contribution in [0.4, 0.5) is 24.5 Å². The first kappa shape index (κ1) is 32.3. The molecule has 0 aromatic heterocycles. The molecule has 2 aliphatic rings. The number of alkyl halides is 3. The normalized spacial score (nSPS) is 20.7. The van der Waals surface area contributed by atoms with Crippen LogP contribution in [0.15, 0.2) is 66.4 Å². The summed E-state index contributed by atoms with van der Waals surface area (Å²) in [5.74, 6) is -3.70. The van der Waals surface area contributed by atoms with Gasteiger partial charge in [0.1, 0.15) is 11.5 Å². The first-order valence-electron chi connectivity index (χ1n) is 12.9. The van der Waals surface area contributed by atoms with Gasteiger partial charge in [0, 0.05) is 43.7 Å². The van der Waals surface area contributed by atoms with E-state index in [0.29, 0.717) is 31.6 Å². The number of hydrogen-bond acceptors (Lipinski definition) is 6. The first-order chi connectivity index (χ1) is 18.8. The molecule has 0 radical (unpaired) electrons. The average Bonchev–Trinajstić information content (AvgIpc) is 2.89. The third-order valence-electron chi connectivity index (χ3n) is 6.73. The number of phenols is 1. The molecule has 13 heteroatoms. The van der Waals surface area contributed by atoms with Gasteiger partial charge < -0.3 is 20.1 Å². The van der Waals surface area contributed by atoms with Crippen LogP contribution in [0.3, 0.4) is 0 Å². The quantitative estimate of drug-likeness (QED) is 0.189. The summed E-state index contributed by atoms with van der Waals surface area (Å²) in [5.41, 5.74) is -1.16. The molecule has 1 aliphatic heterocycles. The van der Waals surface area contributed by atoms with E-state index in [9.17, 15) is 27.1 Å². The van der Waals surface area contributed by atoms with Crippen LogP contribution in [0.1, 0.15) is 31.2 Å². The van der Waals surface area contributed by atoms with E-state index in [1.54, 1.807) is 0 Å². The van der Waals surface area contributed by atoms with Gasteiger partial charge in [-0.05, 0) is 36.3 Å². The highest BCUT2D eigenvalue weighted by Crippen LogP contribution is 2.37. The molecule has 2 aromatic carbocycles. The number of carbonyl (C=O) groups excluding carboxylic acids is 1. The molecule has 2 aromatic rings. The Morgan fingerprint density at radius 1 is 1.10 bits per heavy atom. The highest BCUT2D eigenvalue weighted by Gasteiger charge is 2.41. The standard InChI is InChI=1S/C28H32F3N3O5S.ClH/c1-40(37,38)33-23-18-21(8-9-24(23)35)32-26(36)27(29)11-10-22(20-6-3-2-4-7-20)25(19-27)39-17-5-14-34-15-12-28(30,31)13-16-34;/h2-4,6-11,18,33,35H,5,12-17,19H2,1H3,(H,32,36);1H. The topological polar surface area (TPSA) is 108 Å². The lowest BCUT2D eigenvalue weighted by atomic mass is 9.88. The summed E-state index contributed by atoms with van der Waals surface area (Å²) in [6.07, 6.45) is 3.36. The highest BCUT2D eigenvalue weighted by atomic mass is 35.5. The Morgan fingerprint density at radius 3 is 2.44 bits per heavy atom. The maximum atomic E-state index is 16.1. The molecule has 1 saturated heterocycles. The predicted molar refractivity (Wildman–Crippen MR) is 155 cm³/mol. The molecule has 41 heavy (non-hydrogen) atoms. The number of rotatable bonds is 10. The molecule has 224 valence electrons. The van der Waals surface area contributed by atoms with Crippen molar-refractivity contribution < 1.29 is 36.2 Å². The lowest BCUT2D eigenvalue weighted by Crippen LogP contribution is -2.40.